The van der Waals surface area contributed by atoms with Crippen LogP contribution in [0.3, 0.4) is 0 Å². The van der Waals surface area contributed by atoms with Crippen LogP contribution in [-0.2, 0) is 16.0 Å². The second-order valence-corrected chi connectivity index (χ2v) is 5.08. The molecule has 1 aliphatic rings. The molecule has 4 nitrogen and oxygen atoms in total. The highest BCUT2D eigenvalue weighted by Crippen LogP contribution is 2.13. The number of ether oxygens (including phenoxy) is 1. The first-order valence-corrected chi connectivity index (χ1v) is 6.85. The van der Waals surface area contributed by atoms with Crippen molar-refractivity contribution in [3.8, 4) is 0 Å². The summed E-state index contributed by atoms with van der Waals surface area (Å²) in [4.78, 5) is 11.4. The first kappa shape index (κ1) is 13.8. The quantitative estimate of drug-likeness (QED) is 0.644. The van der Waals surface area contributed by atoms with Crippen molar-refractivity contribution in [2.75, 3.05) is 6.54 Å². The fourth-order valence-corrected chi connectivity index (χ4v) is 2.29. The standard InChI is InChI=1S/C14H18N2O2S/c1-10-9-12(13(17)18-10)16-14(19)15-8-7-11-5-3-2-4-6-11/h2-6,10,12H,7-9H2,1H3,(H2,15,16,19)/t10-,12-/m0/s1. The first-order chi connectivity index (χ1) is 9.15. The molecule has 1 saturated heterocycles. The molecule has 1 heterocycles. The summed E-state index contributed by atoms with van der Waals surface area (Å²) in [5.41, 5.74) is 1.26. The Balaban J connectivity index is 1.69. The Labute approximate surface area is 118 Å². The van der Waals surface area contributed by atoms with E-state index in [-0.39, 0.29) is 18.1 Å². The van der Waals surface area contributed by atoms with Crippen molar-refractivity contribution >= 4 is 23.3 Å². The Morgan fingerprint density at radius 3 is 2.79 bits per heavy atom. The number of esters is 1. The lowest BCUT2D eigenvalue weighted by atomic mass is 10.1. The van der Waals surface area contributed by atoms with Gasteiger partial charge in [0.2, 0.25) is 0 Å². The van der Waals surface area contributed by atoms with Gasteiger partial charge in [0.25, 0.3) is 0 Å². The van der Waals surface area contributed by atoms with E-state index in [1.54, 1.807) is 0 Å². The van der Waals surface area contributed by atoms with Gasteiger partial charge in [0.15, 0.2) is 5.11 Å². The third kappa shape index (κ3) is 4.21. The third-order valence-corrected chi connectivity index (χ3v) is 3.28. The molecule has 0 bridgehead atoms. The molecule has 0 aromatic heterocycles. The van der Waals surface area contributed by atoms with Crippen molar-refractivity contribution in [3.05, 3.63) is 35.9 Å². The third-order valence-electron chi connectivity index (χ3n) is 3.02. The van der Waals surface area contributed by atoms with Gasteiger partial charge in [0, 0.05) is 13.0 Å². The SMILES string of the molecule is C[C@H]1C[C@H](NC(=S)NCCc2ccccc2)C(=O)O1. The summed E-state index contributed by atoms with van der Waals surface area (Å²) < 4.78 is 5.06. The van der Waals surface area contributed by atoms with E-state index >= 15 is 0 Å². The number of cyclic esters (lactones) is 1. The maximum absolute atomic E-state index is 11.4. The van der Waals surface area contributed by atoms with Gasteiger partial charge in [-0.15, -0.1) is 0 Å². The molecular formula is C14H18N2O2S. The number of carbonyl (C=O) groups excluding carboxylic acids is 1. The van der Waals surface area contributed by atoms with Crippen LogP contribution in [0.5, 0.6) is 0 Å². The van der Waals surface area contributed by atoms with Crippen molar-refractivity contribution < 1.29 is 9.53 Å². The summed E-state index contributed by atoms with van der Waals surface area (Å²) in [6.07, 6.45) is 1.53. The lowest BCUT2D eigenvalue weighted by molar-refractivity contribution is -0.142. The van der Waals surface area contributed by atoms with E-state index in [1.807, 2.05) is 25.1 Å². The first-order valence-electron chi connectivity index (χ1n) is 6.44. The number of hydrogen-bond donors (Lipinski definition) is 2. The maximum atomic E-state index is 11.4. The van der Waals surface area contributed by atoms with Crippen LogP contribution in [0, 0.1) is 0 Å². The molecule has 1 aromatic carbocycles. The lowest BCUT2D eigenvalue weighted by Crippen LogP contribution is -2.44. The molecule has 5 heteroatoms. The van der Waals surface area contributed by atoms with Gasteiger partial charge in [-0.05, 0) is 31.1 Å². The van der Waals surface area contributed by atoms with E-state index in [9.17, 15) is 4.79 Å². The predicted molar refractivity (Wildman–Crippen MR) is 77.8 cm³/mol. The highest BCUT2D eigenvalue weighted by Gasteiger charge is 2.32. The van der Waals surface area contributed by atoms with Crippen molar-refractivity contribution in [3.63, 3.8) is 0 Å². The van der Waals surface area contributed by atoms with E-state index in [0.717, 1.165) is 13.0 Å². The second-order valence-electron chi connectivity index (χ2n) is 4.67. The molecule has 1 aromatic rings. The number of hydrogen-bond acceptors (Lipinski definition) is 3. The molecule has 0 aliphatic carbocycles. The van der Waals surface area contributed by atoms with Crippen molar-refractivity contribution in [2.24, 2.45) is 0 Å². The lowest BCUT2D eigenvalue weighted by Gasteiger charge is -2.13. The molecular weight excluding hydrogens is 260 g/mol. The molecule has 2 rings (SSSR count). The average Bonchev–Trinajstić information content (AvgIpc) is 2.69. The predicted octanol–water partition coefficient (Wildman–Crippen LogP) is 1.40. The molecule has 1 aliphatic heterocycles. The normalized spacial score (nSPS) is 21.8. The zero-order valence-corrected chi connectivity index (χ0v) is 11.7. The fraction of sp³-hybridized carbons (Fsp3) is 0.429. The second kappa shape index (κ2) is 6.52. The van der Waals surface area contributed by atoms with E-state index in [1.165, 1.54) is 5.56 Å². The Kier molecular flexibility index (Phi) is 4.74. The number of nitrogens with one attached hydrogen (secondary N) is 2. The van der Waals surface area contributed by atoms with Crippen molar-refractivity contribution in [2.45, 2.75) is 31.9 Å². The van der Waals surface area contributed by atoms with E-state index in [0.29, 0.717) is 11.5 Å². The topological polar surface area (TPSA) is 50.4 Å². The van der Waals surface area contributed by atoms with Crippen LogP contribution < -0.4 is 10.6 Å². The van der Waals surface area contributed by atoms with Gasteiger partial charge < -0.3 is 15.4 Å². The molecule has 1 fully saturated rings. The molecule has 0 amide bonds. The van der Waals surface area contributed by atoms with E-state index in [2.05, 4.69) is 22.8 Å². The van der Waals surface area contributed by atoms with Gasteiger partial charge >= 0.3 is 5.97 Å². The van der Waals surface area contributed by atoms with Gasteiger partial charge in [-0.1, -0.05) is 30.3 Å². The zero-order valence-electron chi connectivity index (χ0n) is 10.9. The summed E-state index contributed by atoms with van der Waals surface area (Å²) in [5.74, 6) is -0.222. The molecule has 0 saturated carbocycles. The van der Waals surface area contributed by atoms with Crippen LogP contribution >= 0.6 is 12.2 Å². The minimum atomic E-state index is -0.313. The summed E-state index contributed by atoms with van der Waals surface area (Å²) in [5, 5.41) is 6.60. The molecule has 2 N–H and O–H groups in total. The Morgan fingerprint density at radius 2 is 2.16 bits per heavy atom. The Bertz CT molecular complexity index is 450. The molecule has 2 atom stereocenters. The summed E-state index contributed by atoms with van der Waals surface area (Å²) in [7, 11) is 0. The Hall–Kier alpha value is -1.62. The van der Waals surface area contributed by atoms with Crippen molar-refractivity contribution in [1.29, 1.82) is 0 Å². The van der Waals surface area contributed by atoms with Crippen LogP contribution in [0.4, 0.5) is 0 Å². The maximum Gasteiger partial charge on any atom is 0.329 e. The van der Waals surface area contributed by atoms with E-state index in [4.69, 9.17) is 17.0 Å². The average molecular weight is 278 g/mol. The molecule has 0 spiro atoms. The van der Waals surface area contributed by atoms with Gasteiger partial charge in [0.1, 0.15) is 12.1 Å². The van der Waals surface area contributed by atoms with E-state index < -0.39 is 0 Å². The fourth-order valence-electron chi connectivity index (χ4n) is 2.05. The van der Waals surface area contributed by atoms with Crippen LogP contribution in [-0.4, -0.2) is 29.8 Å². The number of carbonyl (C=O) groups is 1. The van der Waals surface area contributed by atoms with Gasteiger partial charge in [-0.2, -0.15) is 0 Å². The highest BCUT2D eigenvalue weighted by atomic mass is 32.1. The van der Waals surface area contributed by atoms with Crippen molar-refractivity contribution in [1.82, 2.24) is 10.6 Å². The van der Waals surface area contributed by atoms with Gasteiger partial charge in [0.05, 0.1) is 0 Å². The van der Waals surface area contributed by atoms with Crippen LogP contribution in [0.2, 0.25) is 0 Å². The summed E-state index contributed by atoms with van der Waals surface area (Å²) in [6.45, 7) is 2.62. The highest BCUT2D eigenvalue weighted by molar-refractivity contribution is 7.80. The minimum absolute atomic E-state index is 0.0304. The van der Waals surface area contributed by atoms with Gasteiger partial charge in [-0.25, -0.2) is 4.79 Å². The summed E-state index contributed by atoms with van der Waals surface area (Å²) in [6, 6.07) is 9.87. The number of thiocarbonyl (C=S) groups is 1. The zero-order chi connectivity index (χ0) is 13.7. The van der Waals surface area contributed by atoms with Crippen LogP contribution in [0.25, 0.3) is 0 Å². The smallest absolute Gasteiger partial charge is 0.329 e. The largest absolute Gasteiger partial charge is 0.461 e. The number of rotatable bonds is 4. The van der Waals surface area contributed by atoms with Gasteiger partial charge in [-0.3, -0.25) is 0 Å². The summed E-state index contributed by atoms with van der Waals surface area (Å²) >= 11 is 5.17. The molecule has 102 valence electrons. The van der Waals surface area contributed by atoms with Crippen LogP contribution in [0.15, 0.2) is 30.3 Å². The molecule has 19 heavy (non-hydrogen) atoms. The van der Waals surface area contributed by atoms with Crippen LogP contribution in [0.1, 0.15) is 18.9 Å². The monoisotopic (exact) mass is 278 g/mol. The minimum Gasteiger partial charge on any atom is -0.461 e. The number of benzene rings is 1. The molecule has 0 unspecified atom stereocenters. The molecule has 0 radical (unpaired) electrons. The Morgan fingerprint density at radius 1 is 1.42 bits per heavy atom.